The number of ether oxygens (including phenoxy) is 1. The third kappa shape index (κ3) is 13.7. The first-order valence-corrected chi connectivity index (χ1v) is 6.52. The first kappa shape index (κ1) is 15.7. The van der Waals surface area contributed by atoms with Crippen LogP contribution in [-0.2, 0) is 4.74 Å². The Morgan fingerprint density at radius 3 is 2.00 bits per heavy atom. The predicted octanol–water partition coefficient (Wildman–Crippen LogP) is 4.96. The highest BCUT2D eigenvalue weighted by molar-refractivity contribution is 4.91. The van der Waals surface area contributed by atoms with E-state index in [-0.39, 0.29) is 5.60 Å². The number of rotatable bonds is 6. The maximum Gasteiger partial charge on any atom is 0.0598 e. The van der Waals surface area contributed by atoms with Gasteiger partial charge < -0.3 is 4.74 Å². The molecule has 0 rings (SSSR count). The van der Waals surface area contributed by atoms with Gasteiger partial charge in [0.1, 0.15) is 0 Å². The van der Waals surface area contributed by atoms with Gasteiger partial charge in [-0.25, -0.2) is 0 Å². The van der Waals surface area contributed by atoms with Gasteiger partial charge in [0.15, 0.2) is 0 Å². The molecular formula is C15H30O. The molecule has 1 nitrogen and oxygen atoms in total. The molecule has 0 atom stereocenters. The van der Waals surface area contributed by atoms with Crippen LogP contribution in [0, 0.1) is 5.41 Å². The second kappa shape index (κ2) is 7.11. The van der Waals surface area contributed by atoms with Crippen molar-refractivity contribution in [3.63, 3.8) is 0 Å². The van der Waals surface area contributed by atoms with Crippen LogP contribution in [-0.4, -0.2) is 12.2 Å². The van der Waals surface area contributed by atoms with Gasteiger partial charge in [-0.2, -0.15) is 0 Å². The van der Waals surface area contributed by atoms with Crippen LogP contribution in [0.15, 0.2) is 12.2 Å². The van der Waals surface area contributed by atoms with E-state index in [2.05, 4.69) is 53.7 Å². The minimum absolute atomic E-state index is 0.0200. The fraction of sp³-hybridized carbons (Fsp3) is 0.867. The molecule has 0 amide bonds. The minimum atomic E-state index is 0.0200. The third-order valence-electron chi connectivity index (χ3n) is 2.17. The van der Waals surface area contributed by atoms with E-state index in [9.17, 15) is 0 Å². The van der Waals surface area contributed by atoms with Crippen molar-refractivity contribution < 1.29 is 4.74 Å². The molecule has 0 saturated carbocycles. The van der Waals surface area contributed by atoms with E-state index in [1.165, 1.54) is 25.7 Å². The lowest BCUT2D eigenvalue weighted by Gasteiger charge is -2.19. The van der Waals surface area contributed by atoms with Crippen molar-refractivity contribution in [2.75, 3.05) is 6.61 Å². The largest absolute Gasteiger partial charge is 0.376 e. The summed E-state index contributed by atoms with van der Waals surface area (Å²) in [5.74, 6) is 0. The van der Waals surface area contributed by atoms with Crippen LogP contribution >= 0.6 is 0 Å². The van der Waals surface area contributed by atoms with Crippen LogP contribution in [0.4, 0.5) is 0 Å². The van der Waals surface area contributed by atoms with Crippen LogP contribution in [0.3, 0.4) is 0 Å². The Bertz CT molecular complexity index is 190. The maximum atomic E-state index is 5.67. The lowest BCUT2D eigenvalue weighted by atomic mass is 9.96. The van der Waals surface area contributed by atoms with E-state index >= 15 is 0 Å². The zero-order chi connectivity index (χ0) is 12.7. The van der Waals surface area contributed by atoms with Crippen LogP contribution in [0.5, 0.6) is 0 Å². The standard InChI is InChI=1S/C15H30O/c1-14(2,3)12-10-8-7-9-11-13-16-15(4,5)6/h10,12H,7-9,11,13H2,1-6H3. The van der Waals surface area contributed by atoms with Crippen molar-refractivity contribution in [2.24, 2.45) is 5.41 Å². The average molecular weight is 226 g/mol. The van der Waals surface area contributed by atoms with Gasteiger partial charge in [0, 0.05) is 6.61 Å². The molecule has 0 radical (unpaired) electrons. The molecule has 0 aromatic rings. The van der Waals surface area contributed by atoms with Crippen molar-refractivity contribution in [3.05, 3.63) is 12.2 Å². The predicted molar refractivity (Wildman–Crippen MR) is 72.8 cm³/mol. The van der Waals surface area contributed by atoms with Crippen LogP contribution < -0.4 is 0 Å². The Hall–Kier alpha value is -0.300. The highest BCUT2D eigenvalue weighted by atomic mass is 16.5. The summed E-state index contributed by atoms with van der Waals surface area (Å²) >= 11 is 0. The van der Waals surface area contributed by atoms with E-state index in [4.69, 9.17) is 4.74 Å². The van der Waals surface area contributed by atoms with Crippen LogP contribution in [0.2, 0.25) is 0 Å². The van der Waals surface area contributed by atoms with E-state index in [1.54, 1.807) is 0 Å². The first-order chi connectivity index (χ1) is 7.21. The lowest BCUT2D eigenvalue weighted by molar-refractivity contribution is -0.00468. The summed E-state index contributed by atoms with van der Waals surface area (Å²) in [6, 6.07) is 0. The molecule has 0 aliphatic rings. The molecule has 96 valence electrons. The summed E-state index contributed by atoms with van der Waals surface area (Å²) in [6.45, 7) is 13.9. The molecule has 0 bridgehead atoms. The van der Waals surface area contributed by atoms with Gasteiger partial charge in [-0.3, -0.25) is 0 Å². The molecule has 16 heavy (non-hydrogen) atoms. The Morgan fingerprint density at radius 2 is 1.50 bits per heavy atom. The molecule has 0 aliphatic carbocycles. The molecule has 0 spiro atoms. The number of hydrogen-bond donors (Lipinski definition) is 0. The third-order valence-corrected chi connectivity index (χ3v) is 2.17. The zero-order valence-corrected chi connectivity index (χ0v) is 12.1. The average Bonchev–Trinajstić information content (AvgIpc) is 2.06. The van der Waals surface area contributed by atoms with Crippen molar-refractivity contribution in [3.8, 4) is 0 Å². The second-order valence-corrected chi connectivity index (χ2v) is 6.58. The normalized spacial score (nSPS) is 13.6. The molecule has 0 saturated heterocycles. The molecule has 0 aromatic carbocycles. The number of hydrogen-bond acceptors (Lipinski definition) is 1. The number of unbranched alkanes of at least 4 members (excludes halogenated alkanes) is 3. The van der Waals surface area contributed by atoms with Crippen molar-refractivity contribution >= 4 is 0 Å². The first-order valence-electron chi connectivity index (χ1n) is 6.52. The maximum absolute atomic E-state index is 5.67. The van der Waals surface area contributed by atoms with Gasteiger partial charge in [-0.05, 0) is 45.4 Å². The molecule has 0 heterocycles. The summed E-state index contributed by atoms with van der Waals surface area (Å²) in [4.78, 5) is 0. The van der Waals surface area contributed by atoms with Gasteiger partial charge in [-0.1, -0.05) is 39.3 Å². The van der Waals surface area contributed by atoms with Gasteiger partial charge in [0.25, 0.3) is 0 Å². The van der Waals surface area contributed by atoms with E-state index in [0.29, 0.717) is 5.41 Å². The molecule has 0 N–H and O–H groups in total. The molecule has 0 aliphatic heterocycles. The van der Waals surface area contributed by atoms with E-state index in [0.717, 1.165) is 6.61 Å². The Morgan fingerprint density at radius 1 is 0.875 bits per heavy atom. The SMILES string of the molecule is CC(C)(C)C=CCCCCCOC(C)(C)C. The fourth-order valence-corrected chi connectivity index (χ4v) is 1.36. The topological polar surface area (TPSA) is 9.23 Å². The second-order valence-electron chi connectivity index (χ2n) is 6.58. The summed E-state index contributed by atoms with van der Waals surface area (Å²) < 4.78 is 5.67. The highest BCUT2D eigenvalue weighted by Gasteiger charge is 2.08. The molecule has 0 aromatic heterocycles. The summed E-state index contributed by atoms with van der Waals surface area (Å²) in [5.41, 5.74) is 0.349. The minimum Gasteiger partial charge on any atom is -0.376 e. The number of allylic oxidation sites excluding steroid dienone is 2. The molecule has 0 unspecified atom stereocenters. The summed E-state index contributed by atoms with van der Waals surface area (Å²) in [6.07, 6.45) is 9.54. The van der Waals surface area contributed by atoms with Crippen molar-refractivity contribution in [1.29, 1.82) is 0 Å². The smallest absolute Gasteiger partial charge is 0.0598 e. The van der Waals surface area contributed by atoms with E-state index in [1.807, 2.05) is 0 Å². The van der Waals surface area contributed by atoms with Crippen LogP contribution in [0.25, 0.3) is 0 Å². The quantitative estimate of drug-likeness (QED) is 0.459. The van der Waals surface area contributed by atoms with Crippen molar-refractivity contribution in [1.82, 2.24) is 0 Å². The van der Waals surface area contributed by atoms with Gasteiger partial charge in [0.2, 0.25) is 0 Å². The molecule has 1 heteroatoms. The van der Waals surface area contributed by atoms with E-state index < -0.39 is 0 Å². The molecular weight excluding hydrogens is 196 g/mol. The van der Waals surface area contributed by atoms with Crippen molar-refractivity contribution in [2.45, 2.75) is 72.8 Å². The van der Waals surface area contributed by atoms with Crippen LogP contribution in [0.1, 0.15) is 67.2 Å². The summed E-state index contributed by atoms with van der Waals surface area (Å²) in [5, 5.41) is 0. The lowest BCUT2D eigenvalue weighted by Crippen LogP contribution is -2.19. The Kier molecular flexibility index (Phi) is 6.98. The Balaban J connectivity index is 3.32. The van der Waals surface area contributed by atoms with Gasteiger partial charge in [0.05, 0.1) is 5.60 Å². The fourth-order valence-electron chi connectivity index (χ4n) is 1.36. The monoisotopic (exact) mass is 226 g/mol. The molecule has 0 fully saturated rings. The van der Waals surface area contributed by atoms with Gasteiger partial charge >= 0.3 is 0 Å². The Labute approximate surface area is 102 Å². The summed E-state index contributed by atoms with van der Waals surface area (Å²) in [7, 11) is 0. The zero-order valence-electron chi connectivity index (χ0n) is 12.1. The van der Waals surface area contributed by atoms with Gasteiger partial charge in [-0.15, -0.1) is 0 Å². The highest BCUT2D eigenvalue weighted by Crippen LogP contribution is 2.15.